The predicted molar refractivity (Wildman–Crippen MR) is 114 cm³/mol. The lowest BCUT2D eigenvalue weighted by atomic mass is 10.1. The summed E-state index contributed by atoms with van der Waals surface area (Å²) in [6.45, 7) is 7.79. The zero-order chi connectivity index (χ0) is 22.0. The number of rotatable bonds is 3. The molecule has 0 unspecified atom stereocenters. The second-order valence-corrected chi connectivity index (χ2v) is 7.88. The van der Waals surface area contributed by atoms with Gasteiger partial charge in [0, 0.05) is 65.0 Å². The molecule has 0 aromatic carbocycles. The standard InChI is InChI=1S/C22H27N5O4/c1-16-5-6-18(21(29)26-11-7-24(8-12-26)17(2)28)20(23-16)25-9-13-27(14-10-25)22(30)19-4-3-15-31-19/h3-6,15H,7-14H2,1-2H3. The first-order valence-electron chi connectivity index (χ1n) is 10.5. The summed E-state index contributed by atoms with van der Waals surface area (Å²) >= 11 is 0. The lowest BCUT2D eigenvalue weighted by Crippen LogP contribution is -2.51. The summed E-state index contributed by atoms with van der Waals surface area (Å²) in [5.74, 6) is 0.833. The molecular weight excluding hydrogens is 398 g/mol. The molecule has 2 saturated heterocycles. The van der Waals surface area contributed by atoms with E-state index in [0.717, 1.165) is 5.69 Å². The van der Waals surface area contributed by atoms with Gasteiger partial charge in [-0.2, -0.15) is 0 Å². The van der Waals surface area contributed by atoms with E-state index in [0.29, 0.717) is 69.5 Å². The lowest BCUT2D eigenvalue weighted by Gasteiger charge is -2.37. The summed E-state index contributed by atoms with van der Waals surface area (Å²) in [4.78, 5) is 49.4. The minimum absolute atomic E-state index is 0.0340. The zero-order valence-electron chi connectivity index (χ0n) is 17.9. The molecule has 0 saturated carbocycles. The quantitative estimate of drug-likeness (QED) is 0.735. The summed E-state index contributed by atoms with van der Waals surface area (Å²) in [6, 6.07) is 7.05. The molecule has 4 heterocycles. The van der Waals surface area contributed by atoms with Crippen LogP contribution < -0.4 is 4.90 Å². The number of aromatic nitrogens is 1. The van der Waals surface area contributed by atoms with E-state index in [9.17, 15) is 14.4 Å². The number of aryl methyl sites for hydroxylation is 1. The first kappa shape index (κ1) is 20.9. The fraction of sp³-hybridized carbons (Fsp3) is 0.455. The Morgan fingerprint density at radius 1 is 0.839 bits per heavy atom. The maximum absolute atomic E-state index is 13.3. The third kappa shape index (κ3) is 4.40. The Morgan fingerprint density at radius 2 is 1.45 bits per heavy atom. The first-order valence-corrected chi connectivity index (χ1v) is 10.5. The highest BCUT2D eigenvalue weighted by Crippen LogP contribution is 2.23. The number of anilines is 1. The van der Waals surface area contributed by atoms with Crippen molar-refractivity contribution in [3.8, 4) is 0 Å². The van der Waals surface area contributed by atoms with Crippen LogP contribution in [0.4, 0.5) is 5.82 Å². The van der Waals surface area contributed by atoms with E-state index in [-0.39, 0.29) is 17.7 Å². The molecule has 31 heavy (non-hydrogen) atoms. The van der Waals surface area contributed by atoms with Gasteiger partial charge in [-0.1, -0.05) is 0 Å². The van der Waals surface area contributed by atoms with Gasteiger partial charge in [0.05, 0.1) is 11.8 Å². The molecule has 4 rings (SSSR count). The van der Waals surface area contributed by atoms with E-state index < -0.39 is 0 Å². The van der Waals surface area contributed by atoms with Gasteiger partial charge in [0.1, 0.15) is 5.82 Å². The fourth-order valence-electron chi connectivity index (χ4n) is 4.02. The topological polar surface area (TPSA) is 90.2 Å². The molecule has 2 aliphatic rings. The van der Waals surface area contributed by atoms with Crippen LogP contribution in [0.2, 0.25) is 0 Å². The fourth-order valence-corrected chi connectivity index (χ4v) is 4.02. The summed E-state index contributed by atoms with van der Waals surface area (Å²) in [7, 11) is 0. The van der Waals surface area contributed by atoms with Gasteiger partial charge >= 0.3 is 0 Å². The highest BCUT2D eigenvalue weighted by atomic mass is 16.3. The van der Waals surface area contributed by atoms with Gasteiger partial charge in [-0.25, -0.2) is 4.98 Å². The number of carbonyl (C=O) groups is 3. The Kier molecular flexibility index (Phi) is 5.92. The molecule has 2 aliphatic heterocycles. The van der Waals surface area contributed by atoms with E-state index in [1.165, 1.54) is 6.26 Å². The SMILES string of the molecule is CC(=O)N1CCN(C(=O)c2ccc(C)nc2N2CCN(C(=O)c3ccco3)CC2)CC1. The van der Waals surface area contributed by atoms with E-state index in [1.54, 1.807) is 33.8 Å². The third-order valence-electron chi connectivity index (χ3n) is 5.86. The van der Waals surface area contributed by atoms with E-state index in [4.69, 9.17) is 4.42 Å². The second kappa shape index (κ2) is 8.79. The molecule has 0 radical (unpaired) electrons. The monoisotopic (exact) mass is 425 g/mol. The van der Waals surface area contributed by atoms with Crippen LogP contribution in [-0.2, 0) is 4.79 Å². The molecule has 9 nitrogen and oxygen atoms in total. The van der Waals surface area contributed by atoms with Crippen LogP contribution in [0.15, 0.2) is 34.9 Å². The Morgan fingerprint density at radius 3 is 2.06 bits per heavy atom. The average Bonchev–Trinajstić information content (AvgIpc) is 3.33. The summed E-state index contributed by atoms with van der Waals surface area (Å²) in [5.41, 5.74) is 1.40. The van der Waals surface area contributed by atoms with Crippen LogP contribution in [0.25, 0.3) is 0 Å². The molecule has 3 amide bonds. The van der Waals surface area contributed by atoms with Gasteiger partial charge in [0.25, 0.3) is 11.8 Å². The second-order valence-electron chi connectivity index (χ2n) is 7.88. The van der Waals surface area contributed by atoms with Crippen molar-refractivity contribution in [2.45, 2.75) is 13.8 Å². The Labute approximate surface area is 181 Å². The first-order chi connectivity index (χ1) is 14.9. The number of hydrogen-bond donors (Lipinski definition) is 0. The van der Waals surface area contributed by atoms with E-state index in [1.807, 2.05) is 19.1 Å². The molecular formula is C22H27N5O4. The number of piperazine rings is 2. The number of amides is 3. The molecule has 9 heteroatoms. The van der Waals surface area contributed by atoms with Crippen LogP contribution in [0, 0.1) is 6.92 Å². The molecule has 2 aromatic heterocycles. The minimum atomic E-state index is -0.124. The van der Waals surface area contributed by atoms with E-state index >= 15 is 0 Å². The van der Waals surface area contributed by atoms with Gasteiger partial charge in [0.2, 0.25) is 5.91 Å². The molecule has 0 bridgehead atoms. The summed E-state index contributed by atoms with van der Waals surface area (Å²) < 4.78 is 5.22. The lowest BCUT2D eigenvalue weighted by molar-refractivity contribution is -0.130. The van der Waals surface area contributed by atoms with Crippen molar-refractivity contribution in [2.75, 3.05) is 57.3 Å². The largest absolute Gasteiger partial charge is 0.459 e. The van der Waals surface area contributed by atoms with Crippen LogP contribution >= 0.6 is 0 Å². The van der Waals surface area contributed by atoms with Crippen molar-refractivity contribution in [1.82, 2.24) is 19.7 Å². The zero-order valence-corrected chi connectivity index (χ0v) is 17.9. The van der Waals surface area contributed by atoms with Gasteiger partial charge in [-0.05, 0) is 31.2 Å². The molecule has 0 aliphatic carbocycles. The number of nitrogens with zero attached hydrogens (tertiary/aromatic N) is 5. The maximum atomic E-state index is 13.3. The van der Waals surface area contributed by atoms with Gasteiger partial charge in [-0.3, -0.25) is 14.4 Å². The van der Waals surface area contributed by atoms with Gasteiger partial charge < -0.3 is 24.0 Å². The Bertz CT molecular complexity index is 958. The molecule has 2 aromatic rings. The Balaban J connectivity index is 1.46. The predicted octanol–water partition coefficient (Wildman–Crippen LogP) is 1.25. The van der Waals surface area contributed by atoms with Gasteiger partial charge in [0.15, 0.2) is 5.76 Å². The average molecular weight is 425 g/mol. The number of carbonyl (C=O) groups excluding carboxylic acids is 3. The van der Waals surface area contributed by atoms with Crippen molar-refractivity contribution in [1.29, 1.82) is 0 Å². The van der Waals surface area contributed by atoms with Crippen molar-refractivity contribution in [3.63, 3.8) is 0 Å². The molecule has 164 valence electrons. The van der Waals surface area contributed by atoms with Crippen LogP contribution in [-0.4, -0.2) is 89.8 Å². The van der Waals surface area contributed by atoms with Crippen molar-refractivity contribution >= 4 is 23.5 Å². The molecule has 0 N–H and O–H groups in total. The number of furan rings is 1. The van der Waals surface area contributed by atoms with Crippen LogP contribution in [0.5, 0.6) is 0 Å². The minimum Gasteiger partial charge on any atom is -0.459 e. The smallest absolute Gasteiger partial charge is 0.289 e. The highest BCUT2D eigenvalue weighted by Gasteiger charge is 2.29. The molecule has 2 fully saturated rings. The highest BCUT2D eigenvalue weighted by molar-refractivity contribution is 5.99. The number of hydrogen-bond acceptors (Lipinski definition) is 6. The maximum Gasteiger partial charge on any atom is 0.289 e. The van der Waals surface area contributed by atoms with Crippen molar-refractivity contribution < 1.29 is 18.8 Å². The van der Waals surface area contributed by atoms with Crippen molar-refractivity contribution in [2.24, 2.45) is 0 Å². The molecule has 0 spiro atoms. The number of pyridine rings is 1. The third-order valence-corrected chi connectivity index (χ3v) is 5.86. The van der Waals surface area contributed by atoms with Crippen LogP contribution in [0.3, 0.4) is 0 Å². The summed E-state index contributed by atoms with van der Waals surface area (Å²) in [5, 5.41) is 0. The van der Waals surface area contributed by atoms with Crippen LogP contribution in [0.1, 0.15) is 33.5 Å². The van der Waals surface area contributed by atoms with Crippen molar-refractivity contribution in [3.05, 3.63) is 47.5 Å². The Hall–Kier alpha value is -3.36. The van der Waals surface area contributed by atoms with Gasteiger partial charge in [-0.15, -0.1) is 0 Å². The molecule has 0 atom stereocenters. The normalized spacial score (nSPS) is 17.1. The summed E-state index contributed by atoms with van der Waals surface area (Å²) in [6.07, 6.45) is 1.49. The van der Waals surface area contributed by atoms with E-state index in [2.05, 4.69) is 9.88 Å².